The van der Waals surface area contributed by atoms with E-state index in [0.717, 1.165) is 30.5 Å². The Balaban J connectivity index is 2.11. The zero-order chi connectivity index (χ0) is 15.5. The maximum Gasteiger partial charge on any atom is 0.244 e. The summed E-state index contributed by atoms with van der Waals surface area (Å²) < 4.78 is 32.9. The normalized spacial score (nSPS) is 18.9. The summed E-state index contributed by atoms with van der Waals surface area (Å²) in [4.78, 5) is 0.224. The number of methoxy groups -OCH3 is 1. The largest absolute Gasteiger partial charge is 0.495 e. The van der Waals surface area contributed by atoms with Crippen molar-refractivity contribution in [1.29, 1.82) is 0 Å². The molecule has 1 aliphatic heterocycles. The Labute approximate surface area is 127 Å². The molecule has 1 aromatic carbocycles. The number of rotatable bonds is 6. The highest BCUT2D eigenvalue weighted by atomic mass is 32.2. The van der Waals surface area contributed by atoms with E-state index in [1.165, 1.54) is 13.5 Å². The third kappa shape index (κ3) is 3.96. The molecule has 0 amide bonds. The lowest BCUT2D eigenvalue weighted by Crippen LogP contribution is -2.31. The third-order valence-corrected chi connectivity index (χ3v) is 5.29. The highest BCUT2D eigenvalue weighted by Gasteiger charge is 2.22. The Bertz CT molecular complexity index is 593. The molecule has 0 spiro atoms. The maximum absolute atomic E-state index is 12.5. The summed E-state index contributed by atoms with van der Waals surface area (Å²) in [5.74, 6) is 0.423. The van der Waals surface area contributed by atoms with Crippen LogP contribution in [-0.2, 0) is 10.0 Å². The van der Waals surface area contributed by atoms with E-state index in [0.29, 0.717) is 18.3 Å². The van der Waals surface area contributed by atoms with Crippen molar-refractivity contribution in [2.24, 2.45) is 0 Å². The average molecular weight is 312 g/mol. The van der Waals surface area contributed by atoms with Gasteiger partial charge in [-0.2, -0.15) is 0 Å². The second-order valence-electron chi connectivity index (χ2n) is 5.59. The fraction of sp³-hybridized carbons (Fsp3) is 0.600. The summed E-state index contributed by atoms with van der Waals surface area (Å²) in [6.07, 6.45) is 3.10. The summed E-state index contributed by atoms with van der Waals surface area (Å²) in [5.41, 5.74) is 1.74. The Morgan fingerprint density at radius 3 is 2.76 bits per heavy atom. The first-order chi connectivity index (χ1) is 9.94. The lowest BCUT2D eigenvalue weighted by atomic mass is 10.1. The van der Waals surface area contributed by atoms with Gasteiger partial charge in [0.15, 0.2) is 0 Å². The van der Waals surface area contributed by atoms with Crippen molar-refractivity contribution in [2.45, 2.75) is 44.0 Å². The number of sulfonamides is 1. The summed E-state index contributed by atoms with van der Waals surface area (Å²) in [6.45, 7) is 5.21. The Morgan fingerprint density at radius 2 is 2.14 bits per heavy atom. The van der Waals surface area contributed by atoms with Crippen LogP contribution in [0.1, 0.15) is 30.4 Å². The zero-order valence-electron chi connectivity index (χ0n) is 12.9. The second kappa shape index (κ2) is 6.77. The predicted octanol–water partition coefficient (Wildman–Crippen LogP) is 1.73. The van der Waals surface area contributed by atoms with Crippen LogP contribution in [0.4, 0.5) is 0 Å². The van der Waals surface area contributed by atoms with Gasteiger partial charge in [0.25, 0.3) is 0 Å². The molecular formula is C15H24N2O3S. The van der Waals surface area contributed by atoms with Crippen molar-refractivity contribution >= 4 is 10.0 Å². The molecule has 2 N–H and O–H groups in total. The van der Waals surface area contributed by atoms with E-state index >= 15 is 0 Å². The standard InChI is InChI=1S/C15H24N2O3S/c1-11-9-12(2)15(20-3)14(10-11)21(18,19)17-8-6-13-5-4-7-16-13/h9-10,13,16-17H,4-8H2,1-3H3/t13-/m1/s1. The van der Waals surface area contributed by atoms with Crippen LogP contribution >= 0.6 is 0 Å². The van der Waals surface area contributed by atoms with E-state index < -0.39 is 10.0 Å². The van der Waals surface area contributed by atoms with E-state index in [-0.39, 0.29) is 4.90 Å². The maximum atomic E-state index is 12.5. The molecule has 0 saturated carbocycles. The number of hydrogen-bond acceptors (Lipinski definition) is 4. The lowest BCUT2D eigenvalue weighted by molar-refractivity contribution is 0.399. The number of hydrogen-bond donors (Lipinski definition) is 2. The molecular weight excluding hydrogens is 288 g/mol. The van der Waals surface area contributed by atoms with Gasteiger partial charge in [0, 0.05) is 12.6 Å². The van der Waals surface area contributed by atoms with Crippen molar-refractivity contribution in [3.63, 3.8) is 0 Å². The summed E-state index contributed by atoms with van der Waals surface area (Å²) >= 11 is 0. The van der Waals surface area contributed by atoms with Crippen LogP contribution in [0.5, 0.6) is 5.75 Å². The molecule has 21 heavy (non-hydrogen) atoms. The molecule has 1 fully saturated rings. The van der Waals surface area contributed by atoms with Crippen LogP contribution in [-0.4, -0.2) is 34.7 Å². The Morgan fingerprint density at radius 1 is 1.38 bits per heavy atom. The second-order valence-corrected chi connectivity index (χ2v) is 7.33. The minimum Gasteiger partial charge on any atom is -0.495 e. The van der Waals surface area contributed by atoms with Crippen molar-refractivity contribution < 1.29 is 13.2 Å². The van der Waals surface area contributed by atoms with Crippen LogP contribution < -0.4 is 14.8 Å². The predicted molar refractivity (Wildman–Crippen MR) is 83.3 cm³/mol. The van der Waals surface area contributed by atoms with Gasteiger partial charge in [0.1, 0.15) is 10.6 Å². The molecule has 0 radical (unpaired) electrons. The van der Waals surface area contributed by atoms with E-state index in [4.69, 9.17) is 4.74 Å². The SMILES string of the molecule is COc1c(C)cc(C)cc1S(=O)(=O)NCC[C@H]1CCCN1. The molecule has 0 unspecified atom stereocenters. The van der Waals surface area contributed by atoms with Crippen LogP contribution in [0.2, 0.25) is 0 Å². The van der Waals surface area contributed by atoms with E-state index in [2.05, 4.69) is 10.0 Å². The summed E-state index contributed by atoms with van der Waals surface area (Å²) in [6, 6.07) is 4.00. The minimum absolute atomic E-state index is 0.224. The topological polar surface area (TPSA) is 67.4 Å². The first-order valence-electron chi connectivity index (χ1n) is 7.32. The van der Waals surface area contributed by atoms with Gasteiger partial charge in [-0.1, -0.05) is 6.07 Å². The van der Waals surface area contributed by atoms with Crippen molar-refractivity contribution in [3.8, 4) is 5.75 Å². The molecule has 6 heteroatoms. The molecule has 5 nitrogen and oxygen atoms in total. The van der Waals surface area contributed by atoms with E-state index in [1.807, 2.05) is 19.9 Å². The van der Waals surface area contributed by atoms with E-state index in [9.17, 15) is 8.42 Å². The summed E-state index contributed by atoms with van der Waals surface area (Å²) in [7, 11) is -2.04. The Hall–Kier alpha value is -1.11. The van der Waals surface area contributed by atoms with Gasteiger partial charge in [-0.3, -0.25) is 0 Å². The number of benzene rings is 1. The highest BCUT2D eigenvalue weighted by molar-refractivity contribution is 7.89. The fourth-order valence-electron chi connectivity index (χ4n) is 2.82. The average Bonchev–Trinajstić information content (AvgIpc) is 2.91. The highest BCUT2D eigenvalue weighted by Crippen LogP contribution is 2.28. The molecule has 1 heterocycles. The van der Waals surface area contributed by atoms with Gasteiger partial charge < -0.3 is 10.1 Å². The molecule has 1 aromatic rings. The van der Waals surface area contributed by atoms with Crippen molar-refractivity contribution in [2.75, 3.05) is 20.2 Å². The van der Waals surface area contributed by atoms with Crippen LogP contribution in [0, 0.1) is 13.8 Å². The first-order valence-corrected chi connectivity index (χ1v) is 8.80. The fourth-order valence-corrected chi connectivity index (χ4v) is 4.20. The molecule has 2 rings (SSSR count). The summed E-state index contributed by atoms with van der Waals surface area (Å²) in [5, 5.41) is 3.36. The molecule has 1 atom stereocenters. The van der Waals surface area contributed by atoms with Gasteiger partial charge in [-0.15, -0.1) is 0 Å². The van der Waals surface area contributed by atoms with Gasteiger partial charge in [0.05, 0.1) is 7.11 Å². The minimum atomic E-state index is -3.54. The lowest BCUT2D eigenvalue weighted by Gasteiger charge is -2.15. The first kappa shape index (κ1) is 16.3. The number of nitrogens with one attached hydrogen (secondary N) is 2. The number of aryl methyl sites for hydroxylation is 2. The Kier molecular flexibility index (Phi) is 5.24. The van der Waals surface area contributed by atoms with Crippen LogP contribution in [0.3, 0.4) is 0 Å². The quantitative estimate of drug-likeness (QED) is 0.839. The van der Waals surface area contributed by atoms with E-state index in [1.54, 1.807) is 6.07 Å². The number of ether oxygens (including phenoxy) is 1. The van der Waals surface area contributed by atoms with Gasteiger partial charge in [-0.25, -0.2) is 13.1 Å². The smallest absolute Gasteiger partial charge is 0.244 e. The van der Waals surface area contributed by atoms with Gasteiger partial charge in [-0.05, 0) is 56.8 Å². The monoisotopic (exact) mass is 312 g/mol. The van der Waals surface area contributed by atoms with Crippen molar-refractivity contribution in [1.82, 2.24) is 10.0 Å². The molecule has 1 aliphatic rings. The molecule has 0 aliphatic carbocycles. The van der Waals surface area contributed by atoms with Crippen molar-refractivity contribution in [3.05, 3.63) is 23.3 Å². The molecule has 0 aromatic heterocycles. The molecule has 118 valence electrons. The zero-order valence-corrected chi connectivity index (χ0v) is 13.7. The molecule has 0 bridgehead atoms. The van der Waals surface area contributed by atoms with Gasteiger partial charge in [0.2, 0.25) is 10.0 Å². The van der Waals surface area contributed by atoms with Crippen LogP contribution in [0.25, 0.3) is 0 Å². The third-order valence-electron chi connectivity index (χ3n) is 3.83. The van der Waals surface area contributed by atoms with Gasteiger partial charge >= 0.3 is 0 Å². The van der Waals surface area contributed by atoms with Crippen LogP contribution in [0.15, 0.2) is 17.0 Å². The molecule has 1 saturated heterocycles.